The number of hydrogen-bond acceptors (Lipinski definition) is 9. The third-order valence-electron chi connectivity index (χ3n) is 6.86. The first-order valence-electron chi connectivity index (χ1n) is 14.2. The zero-order chi connectivity index (χ0) is 32.2. The van der Waals surface area contributed by atoms with Crippen LogP contribution >= 0.6 is 33.9 Å². The van der Waals surface area contributed by atoms with E-state index in [0.717, 1.165) is 9.13 Å². The summed E-state index contributed by atoms with van der Waals surface area (Å²) in [5, 5.41) is 11.1. The van der Waals surface area contributed by atoms with Gasteiger partial charge in [0.2, 0.25) is 0 Å². The number of fused-ring (bicyclic) bond motifs is 1. The summed E-state index contributed by atoms with van der Waals surface area (Å²) in [5.74, 6) is 0.642. The predicted octanol–water partition coefficient (Wildman–Crippen LogP) is 5.68. The number of carbonyl (C=O) groups excluding carboxylic acids is 1. The molecule has 0 saturated carbocycles. The van der Waals surface area contributed by atoms with Crippen LogP contribution < -0.4 is 24.4 Å². The molecule has 3 aromatic carbocycles. The Labute approximate surface area is 276 Å². The molecule has 12 heteroatoms. The molecule has 0 bridgehead atoms. The van der Waals surface area contributed by atoms with E-state index >= 15 is 0 Å². The van der Waals surface area contributed by atoms with Gasteiger partial charge in [0, 0.05) is 17.7 Å². The molecule has 1 aliphatic rings. The number of ether oxygens (including phenoxy) is 3. The molecule has 2 heterocycles. The van der Waals surface area contributed by atoms with Crippen LogP contribution in [0.4, 0.5) is 5.69 Å². The van der Waals surface area contributed by atoms with Gasteiger partial charge in [-0.05, 0) is 85.7 Å². The largest absolute Gasteiger partial charge is 0.491 e. The maximum absolute atomic E-state index is 14.0. The zero-order valence-electron chi connectivity index (χ0n) is 25.0. The molecule has 0 unspecified atom stereocenters. The normalized spacial score (nSPS) is 14.6. The van der Waals surface area contributed by atoms with Gasteiger partial charge >= 0.3 is 5.97 Å². The molecule has 0 N–H and O–H groups in total. The number of non-ortho nitro benzene ring substituents is 1. The highest BCUT2D eigenvalue weighted by Crippen LogP contribution is 2.36. The van der Waals surface area contributed by atoms with Gasteiger partial charge in [0.25, 0.3) is 11.2 Å². The fraction of sp³-hybridized carbons (Fsp3) is 0.242. The van der Waals surface area contributed by atoms with Crippen molar-refractivity contribution in [2.45, 2.75) is 46.4 Å². The van der Waals surface area contributed by atoms with Gasteiger partial charge in [0.05, 0.1) is 37.0 Å². The van der Waals surface area contributed by atoms with Crippen molar-refractivity contribution < 1.29 is 23.9 Å². The second-order valence-electron chi connectivity index (χ2n) is 10.4. The van der Waals surface area contributed by atoms with Crippen LogP contribution in [0, 0.1) is 13.7 Å². The highest BCUT2D eigenvalue weighted by Gasteiger charge is 2.35. The molecule has 4 aromatic rings. The fourth-order valence-corrected chi connectivity index (χ4v) is 6.69. The molecule has 0 aliphatic carbocycles. The standard InChI is InChI=1S/C33H30IN3O7S/c1-5-42-32(39)29-20(4)35-33-36(30(29)24-11-6-7-12-26(24)44-19(2)3)31(38)28(45-33)17-21-13-14-27(25(34)16-21)43-18-22-9-8-10-23(15-22)37(40)41/h6-17,19,30H,5,18H2,1-4H3/b28-17+/t30-/m0/s1. The molecule has 5 rings (SSSR count). The minimum atomic E-state index is -0.790. The number of para-hydroxylation sites is 1. The van der Waals surface area contributed by atoms with Crippen LogP contribution in [-0.2, 0) is 16.1 Å². The van der Waals surface area contributed by atoms with Crippen LogP contribution in [0.25, 0.3) is 6.08 Å². The van der Waals surface area contributed by atoms with E-state index in [2.05, 4.69) is 27.6 Å². The van der Waals surface area contributed by atoms with Gasteiger partial charge in [-0.25, -0.2) is 9.79 Å². The van der Waals surface area contributed by atoms with Crippen LogP contribution in [0.2, 0.25) is 0 Å². The van der Waals surface area contributed by atoms with E-state index in [9.17, 15) is 19.7 Å². The SMILES string of the molecule is CCOC(=O)C1=C(C)N=c2s/c(=C/c3ccc(OCc4cccc([N+](=O)[O-])c4)c(I)c3)c(=O)n2[C@H]1c1ccccc1OC(C)C. The Balaban J connectivity index is 1.53. The van der Waals surface area contributed by atoms with Gasteiger partial charge in [-0.15, -0.1) is 0 Å². The van der Waals surface area contributed by atoms with Gasteiger partial charge in [0.1, 0.15) is 24.1 Å². The average Bonchev–Trinajstić information content (AvgIpc) is 3.30. The number of thiazole rings is 1. The molecule has 1 aromatic heterocycles. The number of nitro groups is 1. The number of benzene rings is 3. The summed E-state index contributed by atoms with van der Waals surface area (Å²) >= 11 is 3.39. The van der Waals surface area contributed by atoms with E-state index in [1.165, 1.54) is 23.5 Å². The third-order valence-corrected chi connectivity index (χ3v) is 8.69. The molecule has 0 radical (unpaired) electrons. The highest BCUT2D eigenvalue weighted by molar-refractivity contribution is 14.1. The Bertz CT molecular complexity index is 2000. The van der Waals surface area contributed by atoms with Crippen molar-refractivity contribution in [3.8, 4) is 11.5 Å². The topological polar surface area (TPSA) is 122 Å². The fourth-order valence-electron chi connectivity index (χ4n) is 4.95. The maximum atomic E-state index is 14.0. The van der Waals surface area contributed by atoms with Crippen LogP contribution in [-0.4, -0.2) is 28.2 Å². The summed E-state index contributed by atoms with van der Waals surface area (Å²) in [4.78, 5) is 43.1. The zero-order valence-corrected chi connectivity index (χ0v) is 28.0. The number of nitro benzene ring substituents is 1. The van der Waals surface area contributed by atoms with Crippen molar-refractivity contribution in [3.05, 3.63) is 128 Å². The summed E-state index contributed by atoms with van der Waals surface area (Å²) < 4.78 is 20.2. The summed E-state index contributed by atoms with van der Waals surface area (Å²) in [6.45, 7) is 7.67. The van der Waals surface area contributed by atoms with E-state index in [1.54, 1.807) is 42.7 Å². The van der Waals surface area contributed by atoms with E-state index < -0.39 is 16.9 Å². The number of nitrogens with zero attached hydrogens (tertiary/aromatic N) is 3. The molecule has 1 atom stereocenters. The number of aromatic nitrogens is 1. The smallest absolute Gasteiger partial charge is 0.338 e. The van der Waals surface area contributed by atoms with Crippen LogP contribution in [0.15, 0.2) is 87.8 Å². The molecule has 0 saturated heterocycles. The number of carbonyl (C=O) groups is 1. The number of rotatable bonds is 10. The summed E-state index contributed by atoms with van der Waals surface area (Å²) in [6, 6.07) is 18.4. The first kappa shape index (κ1) is 32.1. The number of halogens is 1. The molecular weight excluding hydrogens is 709 g/mol. The molecule has 10 nitrogen and oxygen atoms in total. The van der Waals surface area contributed by atoms with E-state index in [-0.39, 0.29) is 36.1 Å². The lowest BCUT2D eigenvalue weighted by molar-refractivity contribution is -0.384. The van der Waals surface area contributed by atoms with Crippen molar-refractivity contribution >= 4 is 51.7 Å². The predicted molar refractivity (Wildman–Crippen MR) is 179 cm³/mol. The summed E-state index contributed by atoms with van der Waals surface area (Å²) in [7, 11) is 0. The summed E-state index contributed by atoms with van der Waals surface area (Å²) in [6.07, 6.45) is 1.66. The van der Waals surface area contributed by atoms with Crippen molar-refractivity contribution in [2.75, 3.05) is 6.61 Å². The van der Waals surface area contributed by atoms with Crippen molar-refractivity contribution in [2.24, 2.45) is 4.99 Å². The van der Waals surface area contributed by atoms with Crippen molar-refractivity contribution in [1.29, 1.82) is 0 Å². The van der Waals surface area contributed by atoms with Gasteiger partial charge in [-0.1, -0.05) is 47.7 Å². The van der Waals surface area contributed by atoms with Crippen molar-refractivity contribution in [1.82, 2.24) is 4.57 Å². The van der Waals surface area contributed by atoms with E-state index in [4.69, 9.17) is 14.2 Å². The minimum absolute atomic E-state index is 0.00496. The first-order chi connectivity index (χ1) is 21.6. The molecular formula is C33H30IN3O7S. The van der Waals surface area contributed by atoms with Gasteiger partial charge in [-0.3, -0.25) is 19.5 Å². The van der Waals surface area contributed by atoms with E-state index in [1.807, 2.05) is 50.2 Å². The Morgan fingerprint density at radius 3 is 2.62 bits per heavy atom. The Kier molecular flexibility index (Phi) is 9.83. The van der Waals surface area contributed by atoms with Crippen molar-refractivity contribution in [3.63, 3.8) is 0 Å². The van der Waals surface area contributed by atoms with Crippen LogP contribution in [0.3, 0.4) is 0 Å². The molecule has 232 valence electrons. The molecule has 1 aliphatic heterocycles. The van der Waals surface area contributed by atoms with Gasteiger partial charge < -0.3 is 14.2 Å². The monoisotopic (exact) mass is 739 g/mol. The number of hydrogen-bond donors (Lipinski definition) is 0. The van der Waals surface area contributed by atoms with Gasteiger partial charge in [0.15, 0.2) is 4.80 Å². The van der Waals surface area contributed by atoms with Crippen LogP contribution in [0.5, 0.6) is 11.5 Å². The molecule has 0 spiro atoms. The molecule has 45 heavy (non-hydrogen) atoms. The van der Waals surface area contributed by atoms with E-state index in [0.29, 0.717) is 37.7 Å². The lowest BCUT2D eigenvalue weighted by atomic mass is 9.95. The second kappa shape index (κ2) is 13.8. The van der Waals surface area contributed by atoms with Gasteiger partial charge in [-0.2, -0.15) is 0 Å². The molecule has 0 fully saturated rings. The highest BCUT2D eigenvalue weighted by atomic mass is 127. The maximum Gasteiger partial charge on any atom is 0.338 e. The average molecular weight is 740 g/mol. The first-order valence-corrected chi connectivity index (χ1v) is 16.1. The van der Waals surface area contributed by atoms with Crippen LogP contribution in [0.1, 0.15) is 50.4 Å². The Hall–Kier alpha value is -4.30. The third kappa shape index (κ3) is 7.01. The second-order valence-corrected chi connectivity index (χ2v) is 12.6. The number of esters is 1. The number of allylic oxidation sites excluding steroid dienone is 1. The molecule has 0 amide bonds. The lowest BCUT2D eigenvalue weighted by Gasteiger charge is -2.26. The quantitative estimate of drug-likeness (QED) is 0.0889. The Morgan fingerprint density at radius 2 is 1.91 bits per heavy atom. The Morgan fingerprint density at radius 1 is 1.13 bits per heavy atom. The summed E-state index contributed by atoms with van der Waals surface area (Å²) in [5.41, 5.74) is 2.59. The lowest BCUT2D eigenvalue weighted by Crippen LogP contribution is -2.40. The minimum Gasteiger partial charge on any atom is -0.491 e.